The lowest BCUT2D eigenvalue weighted by Crippen LogP contribution is -2.30. The molecule has 2 aromatic carbocycles. The highest BCUT2D eigenvalue weighted by Gasteiger charge is 2.18. The summed E-state index contributed by atoms with van der Waals surface area (Å²) in [5, 5.41) is 2.50. The van der Waals surface area contributed by atoms with Crippen LogP contribution >= 0.6 is 11.8 Å². The van der Waals surface area contributed by atoms with E-state index in [0.29, 0.717) is 12.3 Å². The molecule has 7 heteroatoms. The number of benzene rings is 2. The average Bonchev–Trinajstić information content (AvgIpc) is 2.61. The molecule has 0 aliphatic rings. The molecule has 0 saturated carbocycles. The summed E-state index contributed by atoms with van der Waals surface area (Å²) in [6.45, 7) is 3.97. The first-order valence-corrected chi connectivity index (χ1v) is 9.08. The molecular weight excluding hydrogens is 357 g/mol. The molecule has 0 heterocycles. The second-order valence-electron chi connectivity index (χ2n) is 5.32. The van der Waals surface area contributed by atoms with E-state index >= 15 is 0 Å². The van der Waals surface area contributed by atoms with Crippen molar-refractivity contribution in [3.8, 4) is 5.75 Å². The van der Waals surface area contributed by atoms with Crippen LogP contribution in [0.15, 0.2) is 53.4 Å². The molecule has 0 unspecified atom stereocenters. The molecule has 0 saturated heterocycles. The van der Waals surface area contributed by atoms with Crippen LogP contribution in [0.2, 0.25) is 0 Å². The molecule has 0 aliphatic heterocycles. The van der Waals surface area contributed by atoms with Gasteiger partial charge in [0.2, 0.25) is 0 Å². The Morgan fingerprint density at radius 3 is 2.58 bits per heavy atom. The first-order valence-electron chi connectivity index (χ1n) is 8.09. The molecule has 26 heavy (non-hydrogen) atoms. The maximum absolute atomic E-state index is 13.1. The van der Waals surface area contributed by atoms with Gasteiger partial charge in [-0.2, -0.15) is 0 Å². The number of ether oxygens (including phenoxy) is 2. The Morgan fingerprint density at radius 2 is 1.92 bits per heavy atom. The molecule has 5 nitrogen and oxygen atoms in total. The highest BCUT2D eigenvalue weighted by atomic mass is 32.2. The zero-order valence-electron chi connectivity index (χ0n) is 14.5. The Labute approximate surface area is 155 Å². The molecule has 0 spiro atoms. The normalized spacial score (nSPS) is 11.5. The maximum atomic E-state index is 13.1. The van der Waals surface area contributed by atoms with Crippen molar-refractivity contribution >= 4 is 29.3 Å². The molecule has 0 aromatic heterocycles. The largest absolute Gasteiger partial charge is 0.494 e. The summed E-state index contributed by atoms with van der Waals surface area (Å²) in [6, 6.07) is 12.8. The SMILES string of the molecule is CCOc1ccc(SCC(=O)O[C@H](C)C(=O)Nc2cccc(F)c2)cc1. The molecule has 1 amide bonds. The zero-order chi connectivity index (χ0) is 18.9. The first kappa shape index (κ1) is 19.8. The van der Waals surface area contributed by atoms with E-state index in [1.165, 1.54) is 36.9 Å². The van der Waals surface area contributed by atoms with Crippen molar-refractivity contribution in [2.24, 2.45) is 0 Å². The number of nitrogens with one attached hydrogen (secondary N) is 1. The third kappa shape index (κ3) is 6.40. The summed E-state index contributed by atoms with van der Waals surface area (Å²) in [7, 11) is 0. The van der Waals surface area contributed by atoms with Crippen molar-refractivity contribution in [3.05, 3.63) is 54.3 Å². The van der Waals surface area contributed by atoms with Gasteiger partial charge in [0.05, 0.1) is 12.4 Å². The van der Waals surface area contributed by atoms with E-state index in [2.05, 4.69) is 5.32 Å². The third-order valence-corrected chi connectivity index (χ3v) is 4.25. The van der Waals surface area contributed by atoms with Crippen LogP contribution in [-0.4, -0.2) is 30.3 Å². The van der Waals surface area contributed by atoms with Crippen LogP contribution in [0.25, 0.3) is 0 Å². The fraction of sp³-hybridized carbons (Fsp3) is 0.263. The van der Waals surface area contributed by atoms with Gasteiger partial charge in [-0.3, -0.25) is 9.59 Å². The van der Waals surface area contributed by atoms with Crippen LogP contribution in [0.3, 0.4) is 0 Å². The Kier molecular flexibility index (Phi) is 7.47. The molecule has 2 rings (SSSR count). The first-order chi connectivity index (χ1) is 12.5. The predicted octanol–water partition coefficient (Wildman–Crippen LogP) is 3.89. The van der Waals surface area contributed by atoms with Gasteiger partial charge in [0.1, 0.15) is 11.6 Å². The monoisotopic (exact) mass is 377 g/mol. The molecule has 1 atom stereocenters. The number of amides is 1. The Morgan fingerprint density at radius 1 is 1.19 bits per heavy atom. The second-order valence-corrected chi connectivity index (χ2v) is 6.37. The van der Waals surface area contributed by atoms with Gasteiger partial charge < -0.3 is 14.8 Å². The molecule has 1 N–H and O–H groups in total. The van der Waals surface area contributed by atoms with Crippen LogP contribution in [0.1, 0.15) is 13.8 Å². The van der Waals surface area contributed by atoms with E-state index in [1.807, 2.05) is 31.2 Å². The van der Waals surface area contributed by atoms with Crippen LogP contribution in [0, 0.1) is 5.82 Å². The lowest BCUT2D eigenvalue weighted by molar-refractivity contribution is -0.150. The van der Waals surface area contributed by atoms with Crippen molar-refractivity contribution in [2.45, 2.75) is 24.8 Å². The van der Waals surface area contributed by atoms with E-state index in [9.17, 15) is 14.0 Å². The van der Waals surface area contributed by atoms with Crippen LogP contribution in [0.5, 0.6) is 5.75 Å². The Balaban J connectivity index is 1.78. The van der Waals surface area contributed by atoms with Gasteiger partial charge in [-0.25, -0.2) is 4.39 Å². The van der Waals surface area contributed by atoms with Crippen LogP contribution < -0.4 is 10.1 Å². The van der Waals surface area contributed by atoms with Crippen molar-refractivity contribution in [1.29, 1.82) is 0 Å². The van der Waals surface area contributed by atoms with Crippen molar-refractivity contribution < 1.29 is 23.5 Å². The molecule has 0 aliphatic carbocycles. The molecule has 0 bridgehead atoms. The number of halogens is 1. The number of hydrogen-bond donors (Lipinski definition) is 1. The molecule has 2 aromatic rings. The summed E-state index contributed by atoms with van der Waals surface area (Å²) in [6.07, 6.45) is -0.980. The number of rotatable bonds is 8. The van der Waals surface area contributed by atoms with Gasteiger partial charge in [-0.1, -0.05) is 6.07 Å². The van der Waals surface area contributed by atoms with Crippen molar-refractivity contribution in [1.82, 2.24) is 0 Å². The second kappa shape index (κ2) is 9.82. The number of anilines is 1. The number of carbonyl (C=O) groups excluding carboxylic acids is 2. The lowest BCUT2D eigenvalue weighted by atomic mass is 10.3. The topological polar surface area (TPSA) is 64.6 Å². The number of thioether (sulfide) groups is 1. The van der Waals surface area contributed by atoms with Gasteiger partial charge in [0.25, 0.3) is 5.91 Å². The summed E-state index contributed by atoms with van der Waals surface area (Å²) in [5.74, 6) is -0.645. The summed E-state index contributed by atoms with van der Waals surface area (Å²) in [4.78, 5) is 24.8. The Hall–Kier alpha value is -2.54. The van der Waals surface area contributed by atoms with Crippen molar-refractivity contribution in [3.63, 3.8) is 0 Å². The lowest BCUT2D eigenvalue weighted by Gasteiger charge is -2.13. The van der Waals surface area contributed by atoms with Crippen LogP contribution in [0.4, 0.5) is 10.1 Å². The zero-order valence-corrected chi connectivity index (χ0v) is 15.3. The fourth-order valence-electron chi connectivity index (χ4n) is 2.04. The summed E-state index contributed by atoms with van der Waals surface area (Å²) < 4.78 is 23.6. The maximum Gasteiger partial charge on any atom is 0.317 e. The van der Waals surface area contributed by atoms with E-state index < -0.39 is 23.8 Å². The van der Waals surface area contributed by atoms with E-state index in [4.69, 9.17) is 9.47 Å². The average molecular weight is 377 g/mol. The highest BCUT2D eigenvalue weighted by Crippen LogP contribution is 2.21. The van der Waals surface area contributed by atoms with Crippen LogP contribution in [-0.2, 0) is 14.3 Å². The Bertz CT molecular complexity index is 751. The van der Waals surface area contributed by atoms with Gasteiger partial charge in [0.15, 0.2) is 6.10 Å². The van der Waals surface area contributed by atoms with Gasteiger partial charge in [0, 0.05) is 10.6 Å². The van der Waals surface area contributed by atoms with Gasteiger partial charge in [-0.05, 0) is 56.3 Å². The molecular formula is C19H20FNO4S. The summed E-state index contributed by atoms with van der Waals surface area (Å²) in [5.41, 5.74) is 0.307. The van der Waals surface area contributed by atoms with Gasteiger partial charge >= 0.3 is 5.97 Å². The minimum atomic E-state index is -0.980. The number of esters is 1. The van der Waals surface area contributed by atoms with E-state index in [-0.39, 0.29) is 5.75 Å². The third-order valence-electron chi connectivity index (χ3n) is 3.26. The number of hydrogen-bond acceptors (Lipinski definition) is 5. The summed E-state index contributed by atoms with van der Waals surface area (Å²) >= 11 is 1.30. The fourth-order valence-corrected chi connectivity index (χ4v) is 2.72. The number of carbonyl (C=O) groups is 2. The van der Waals surface area contributed by atoms with E-state index in [1.54, 1.807) is 6.07 Å². The van der Waals surface area contributed by atoms with Gasteiger partial charge in [-0.15, -0.1) is 11.8 Å². The molecule has 0 fully saturated rings. The van der Waals surface area contributed by atoms with Crippen molar-refractivity contribution in [2.75, 3.05) is 17.7 Å². The molecule has 0 radical (unpaired) electrons. The van der Waals surface area contributed by atoms with E-state index in [0.717, 1.165) is 10.6 Å². The highest BCUT2D eigenvalue weighted by molar-refractivity contribution is 8.00. The smallest absolute Gasteiger partial charge is 0.317 e. The minimum Gasteiger partial charge on any atom is -0.494 e. The molecule has 138 valence electrons. The minimum absolute atomic E-state index is 0.0750. The quantitative estimate of drug-likeness (QED) is 0.559. The predicted molar refractivity (Wildman–Crippen MR) is 98.9 cm³/mol. The standard InChI is InChI=1S/C19H20FNO4S/c1-3-24-16-7-9-17(10-8-16)26-12-18(22)25-13(2)19(23)21-15-6-4-5-14(20)11-15/h4-11,13H,3,12H2,1-2H3,(H,21,23)/t13-/m1/s1.